The smallest absolute Gasteiger partial charge is 0.0561 e. The highest BCUT2D eigenvalue weighted by atomic mass is 35.5. The zero-order valence-electron chi connectivity index (χ0n) is 11.6. The molecule has 0 amide bonds. The maximum absolute atomic E-state index is 6.32. The highest BCUT2D eigenvalue weighted by Gasteiger charge is 2.31. The molecular formula is C15H24ClNS. The van der Waals surface area contributed by atoms with Gasteiger partial charge in [0.05, 0.1) is 5.02 Å². The predicted molar refractivity (Wildman–Crippen MR) is 81.4 cm³/mol. The van der Waals surface area contributed by atoms with E-state index in [4.69, 9.17) is 11.6 Å². The highest BCUT2D eigenvalue weighted by molar-refractivity contribution is 7.10. The summed E-state index contributed by atoms with van der Waals surface area (Å²) in [6.45, 7) is 7.99. The zero-order chi connectivity index (χ0) is 13.1. The lowest BCUT2D eigenvalue weighted by Crippen LogP contribution is -2.32. The van der Waals surface area contributed by atoms with Crippen molar-refractivity contribution in [2.45, 2.75) is 46.1 Å². The molecule has 1 aromatic heterocycles. The molecular weight excluding hydrogens is 262 g/mol. The van der Waals surface area contributed by atoms with Crippen LogP contribution in [0.3, 0.4) is 0 Å². The summed E-state index contributed by atoms with van der Waals surface area (Å²) >= 11 is 8.12. The third-order valence-electron chi connectivity index (χ3n) is 4.46. The SMILES string of the molecule is CCNC(c1sccc1Cl)C1CCC(C)C(C)C1. The lowest BCUT2D eigenvalue weighted by atomic mass is 9.73. The van der Waals surface area contributed by atoms with E-state index in [0.717, 1.165) is 29.3 Å². The summed E-state index contributed by atoms with van der Waals surface area (Å²) in [5.41, 5.74) is 0. The van der Waals surface area contributed by atoms with Crippen molar-refractivity contribution in [2.24, 2.45) is 17.8 Å². The Hall–Kier alpha value is -0.0500. The van der Waals surface area contributed by atoms with Gasteiger partial charge >= 0.3 is 0 Å². The zero-order valence-corrected chi connectivity index (χ0v) is 13.2. The van der Waals surface area contributed by atoms with Gasteiger partial charge in [0.1, 0.15) is 0 Å². The van der Waals surface area contributed by atoms with Gasteiger partial charge in [0.25, 0.3) is 0 Å². The molecule has 4 atom stereocenters. The van der Waals surface area contributed by atoms with Gasteiger partial charge in [0.15, 0.2) is 0 Å². The van der Waals surface area contributed by atoms with Gasteiger partial charge in [-0.1, -0.05) is 38.8 Å². The number of rotatable bonds is 4. The molecule has 1 nitrogen and oxygen atoms in total. The summed E-state index contributed by atoms with van der Waals surface area (Å²) in [7, 11) is 0. The van der Waals surface area contributed by atoms with Crippen LogP contribution >= 0.6 is 22.9 Å². The molecule has 1 aliphatic carbocycles. The van der Waals surface area contributed by atoms with Gasteiger partial charge in [-0.05, 0) is 48.6 Å². The van der Waals surface area contributed by atoms with E-state index in [2.05, 4.69) is 31.5 Å². The molecule has 102 valence electrons. The van der Waals surface area contributed by atoms with E-state index in [1.807, 2.05) is 6.07 Å². The Bertz CT molecular complexity index is 376. The Kier molecular flexibility index (Phi) is 5.11. The Balaban J connectivity index is 2.13. The fourth-order valence-electron chi connectivity index (χ4n) is 3.11. The van der Waals surface area contributed by atoms with Gasteiger partial charge in [-0.25, -0.2) is 0 Å². The minimum atomic E-state index is 0.456. The molecule has 3 heteroatoms. The van der Waals surface area contributed by atoms with Crippen LogP contribution in [0.5, 0.6) is 0 Å². The van der Waals surface area contributed by atoms with Gasteiger partial charge in [0, 0.05) is 10.9 Å². The Morgan fingerprint density at radius 3 is 2.72 bits per heavy atom. The van der Waals surface area contributed by atoms with Crippen molar-refractivity contribution >= 4 is 22.9 Å². The van der Waals surface area contributed by atoms with Gasteiger partial charge in [-0.3, -0.25) is 0 Å². The maximum atomic E-state index is 6.32. The van der Waals surface area contributed by atoms with Crippen LogP contribution < -0.4 is 5.32 Å². The summed E-state index contributed by atoms with van der Waals surface area (Å²) in [5, 5.41) is 6.71. The van der Waals surface area contributed by atoms with Crippen LogP contribution in [0.4, 0.5) is 0 Å². The topological polar surface area (TPSA) is 12.0 Å². The average molecular weight is 286 g/mol. The fraction of sp³-hybridized carbons (Fsp3) is 0.733. The molecule has 0 radical (unpaired) electrons. The quantitative estimate of drug-likeness (QED) is 0.809. The first-order valence-corrected chi connectivity index (χ1v) is 8.35. The van der Waals surface area contributed by atoms with Crippen molar-refractivity contribution < 1.29 is 0 Å². The molecule has 0 saturated heterocycles. The van der Waals surface area contributed by atoms with E-state index >= 15 is 0 Å². The van der Waals surface area contributed by atoms with Crippen LogP contribution in [-0.2, 0) is 0 Å². The van der Waals surface area contributed by atoms with Gasteiger partial charge in [-0.2, -0.15) is 0 Å². The first-order valence-electron chi connectivity index (χ1n) is 7.09. The summed E-state index contributed by atoms with van der Waals surface area (Å²) in [4.78, 5) is 1.34. The summed E-state index contributed by atoms with van der Waals surface area (Å²) in [6, 6.07) is 2.48. The van der Waals surface area contributed by atoms with Crippen LogP contribution in [0.15, 0.2) is 11.4 Å². The molecule has 0 aromatic carbocycles. The molecule has 1 N–H and O–H groups in total. The van der Waals surface area contributed by atoms with E-state index in [0.29, 0.717) is 6.04 Å². The van der Waals surface area contributed by atoms with Crippen LogP contribution in [0, 0.1) is 17.8 Å². The standard InChI is InChI=1S/C15H24ClNS/c1-4-17-14(15-13(16)7-8-18-15)12-6-5-10(2)11(3)9-12/h7-8,10-12,14,17H,4-6,9H2,1-3H3. The van der Waals surface area contributed by atoms with Crippen LogP contribution in [-0.4, -0.2) is 6.54 Å². The van der Waals surface area contributed by atoms with Crippen LogP contribution in [0.1, 0.15) is 51.0 Å². The fourth-order valence-corrected chi connectivity index (χ4v) is 4.46. The molecule has 1 fully saturated rings. The summed E-state index contributed by atoms with van der Waals surface area (Å²) in [6.07, 6.45) is 4.02. The second-order valence-corrected chi connectivity index (χ2v) is 7.05. The Morgan fingerprint density at radius 2 is 2.17 bits per heavy atom. The van der Waals surface area contributed by atoms with Gasteiger partial charge < -0.3 is 5.32 Å². The van der Waals surface area contributed by atoms with Crippen LogP contribution in [0.25, 0.3) is 0 Å². The monoisotopic (exact) mass is 285 g/mol. The van der Waals surface area contributed by atoms with E-state index in [1.54, 1.807) is 11.3 Å². The second kappa shape index (κ2) is 6.40. The molecule has 4 unspecified atom stereocenters. The van der Waals surface area contributed by atoms with Crippen LogP contribution in [0.2, 0.25) is 5.02 Å². The summed E-state index contributed by atoms with van der Waals surface area (Å²) in [5.74, 6) is 2.46. The van der Waals surface area contributed by atoms with Crippen molar-refractivity contribution in [1.29, 1.82) is 0 Å². The second-order valence-electron chi connectivity index (χ2n) is 5.70. The van der Waals surface area contributed by atoms with E-state index in [-0.39, 0.29) is 0 Å². The molecule has 1 aliphatic rings. The number of hydrogen-bond acceptors (Lipinski definition) is 2. The maximum Gasteiger partial charge on any atom is 0.0561 e. The minimum absolute atomic E-state index is 0.456. The molecule has 18 heavy (non-hydrogen) atoms. The summed E-state index contributed by atoms with van der Waals surface area (Å²) < 4.78 is 0. The van der Waals surface area contributed by atoms with Gasteiger partial charge in [0.2, 0.25) is 0 Å². The van der Waals surface area contributed by atoms with E-state index in [9.17, 15) is 0 Å². The van der Waals surface area contributed by atoms with Gasteiger partial charge in [-0.15, -0.1) is 11.3 Å². The lowest BCUT2D eigenvalue weighted by Gasteiger charge is -2.37. The number of halogens is 1. The highest BCUT2D eigenvalue weighted by Crippen LogP contribution is 2.42. The Labute approximate surface area is 120 Å². The first kappa shape index (κ1) is 14.4. The molecule has 1 saturated carbocycles. The van der Waals surface area contributed by atoms with Crippen molar-refractivity contribution in [3.8, 4) is 0 Å². The third-order valence-corrected chi connectivity index (χ3v) is 5.90. The normalized spacial score (nSPS) is 30.3. The molecule has 0 aliphatic heterocycles. The number of thiophene rings is 1. The molecule has 0 spiro atoms. The first-order chi connectivity index (χ1) is 8.63. The molecule has 1 aromatic rings. The Morgan fingerprint density at radius 1 is 1.39 bits per heavy atom. The van der Waals surface area contributed by atoms with Crippen molar-refractivity contribution in [3.63, 3.8) is 0 Å². The lowest BCUT2D eigenvalue weighted by molar-refractivity contribution is 0.173. The van der Waals surface area contributed by atoms with E-state index < -0.39 is 0 Å². The molecule has 0 bridgehead atoms. The average Bonchev–Trinajstić information content (AvgIpc) is 2.76. The van der Waals surface area contributed by atoms with E-state index in [1.165, 1.54) is 24.1 Å². The third kappa shape index (κ3) is 3.09. The van der Waals surface area contributed by atoms with Crippen molar-refractivity contribution in [2.75, 3.05) is 6.54 Å². The van der Waals surface area contributed by atoms with Crippen molar-refractivity contribution in [1.82, 2.24) is 5.32 Å². The minimum Gasteiger partial charge on any atom is -0.309 e. The predicted octanol–water partition coefficient (Wildman–Crippen LogP) is 5.12. The largest absolute Gasteiger partial charge is 0.309 e. The number of nitrogens with one attached hydrogen (secondary N) is 1. The molecule has 1 heterocycles. The molecule has 2 rings (SSSR count). The van der Waals surface area contributed by atoms with Crippen molar-refractivity contribution in [3.05, 3.63) is 21.3 Å². The number of hydrogen-bond donors (Lipinski definition) is 1.